The summed E-state index contributed by atoms with van der Waals surface area (Å²) in [5.74, 6) is -0.159. The lowest BCUT2D eigenvalue weighted by molar-refractivity contribution is -0.253. The number of aliphatic hydroxyl groups is 1. The zero-order valence-electron chi connectivity index (χ0n) is 29.4. The van der Waals surface area contributed by atoms with Crippen molar-refractivity contribution in [2.45, 2.75) is 57.0 Å². The van der Waals surface area contributed by atoms with E-state index in [-0.39, 0.29) is 36.5 Å². The molecule has 4 heterocycles. The number of benzene rings is 4. The maximum absolute atomic E-state index is 12.9. The average Bonchev–Trinajstić information content (AvgIpc) is 3.56. The molecule has 2 saturated heterocycles. The maximum atomic E-state index is 12.9. The highest BCUT2D eigenvalue weighted by Gasteiger charge is 2.34. The Morgan fingerprint density at radius 3 is 2.42 bits per heavy atom. The number of carbonyl (C=O) groups excluding carboxylic acids is 1. The van der Waals surface area contributed by atoms with Crippen molar-refractivity contribution in [1.29, 1.82) is 0 Å². The van der Waals surface area contributed by atoms with E-state index in [1.807, 2.05) is 65.2 Å². The van der Waals surface area contributed by atoms with Gasteiger partial charge in [-0.05, 0) is 71.0 Å². The lowest BCUT2D eigenvalue weighted by atomic mass is 9.98. The molecule has 0 spiro atoms. The Hall–Kier alpha value is -5.39. The van der Waals surface area contributed by atoms with E-state index in [0.717, 1.165) is 76.9 Å². The van der Waals surface area contributed by atoms with Gasteiger partial charge in [0.05, 0.1) is 35.4 Å². The molecule has 6 aromatic rings. The van der Waals surface area contributed by atoms with Crippen LogP contribution >= 0.6 is 0 Å². The Morgan fingerprint density at radius 2 is 1.64 bits per heavy atom. The Morgan fingerprint density at radius 1 is 0.849 bits per heavy atom. The van der Waals surface area contributed by atoms with Crippen LogP contribution in [0.1, 0.15) is 70.3 Å². The molecule has 2 aliphatic heterocycles. The van der Waals surface area contributed by atoms with E-state index in [4.69, 9.17) is 9.47 Å². The lowest BCUT2D eigenvalue weighted by Crippen LogP contribution is -2.43. The molecular formula is C43H43N5O5. The number of aliphatic hydroxyl groups excluding tert-OH is 1. The van der Waals surface area contributed by atoms with Crippen LogP contribution in [-0.2, 0) is 22.6 Å². The van der Waals surface area contributed by atoms with Gasteiger partial charge in [-0.25, -0.2) is 4.79 Å². The van der Waals surface area contributed by atoms with Crippen molar-refractivity contribution in [3.8, 4) is 11.1 Å². The number of nitrogens with one attached hydrogen (secondary N) is 2. The second kappa shape index (κ2) is 15.7. The fraction of sp³-hybridized carbons (Fsp3) is 0.279. The highest BCUT2D eigenvalue weighted by Crippen LogP contribution is 2.39. The quantitative estimate of drug-likeness (QED) is 0.145. The molecule has 2 aliphatic rings. The summed E-state index contributed by atoms with van der Waals surface area (Å²) in [4.78, 5) is 34.9. The molecule has 2 aromatic heterocycles. The van der Waals surface area contributed by atoms with Gasteiger partial charge in [0.15, 0.2) is 6.29 Å². The van der Waals surface area contributed by atoms with E-state index in [0.29, 0.717) is 18.5 Å². The minimum atomic E-state index is -0.554. The highest BCUT2D eigenvalue weighted by atomic mass is 16.7. The number of piperidine rings is 1. The number of para-hydroxylation sites is 2. The van der Waals surface area contributed by atoms with Crippen LogP contribution in [0.15, 0.2) is 126 Å². The summed E-state index contributed by atoms with van der Waals surface area (Å²) in [5.41, 5.74) is 8.29. The van der Waals surface area contributed by atoms with E-state index < -0.39 is 6.29 Å². The Labute approximate surface area is 308 Å². The molecule has 0 saturated carbocycles. The predicted molar refractivity (Wildman–Crippen MR) is 203 cm³/mol. The summed E-state index contributed by atoms with van der Waals surface area (Å²) in [6, 6.07) is 36.0. The first-order chi connectivity index (χ1) is 26.0. The molecule has 2 fully saturated rings. The topological polar surface area (TPSA) is 122 Å². The molecule has 3 atom stereocenters. The van der Waals surface area contributed by atoms with Crippen molar-refractivity contribution in [3.63, 3.8) is 0 Å². The zero-order chi connectivity index (χ0) is 36.1. The third-order valence-electron chi connectivity index (χ3n) is 10.4. The number of nitrogens with zero attached hydrogens (tertiary/aromatic N) is 3. The smallest absolute Gasteiger partial charge is 0.326 e. The third kappa shape index (κ3) is 7.86. The van der Waals surface area contributed by atoms with Crippen LogP contribution in [0.5, 0.6) is 0 Å². The first-order valence-electron chi connectivity index (χ1n) is 18.3. The van der Waals surface area contributed by atoms with Gasteiger partial charge in [0, 0.05) is 56.6 Å². The molecule has 10 nitrogen and oxygen atoms in total. The van der Waals surface area contributed by atoms with Gasteiger partial charge in [0.1, 0.15) is 0 Å². The van der Waals surface area contributed by atoms with Crippen molar-refractivity contribution in [3.05, 3.63) is 160 Å². The number of hydrogen-bond acceptors (Lipinski definition) is 7. The van der Waals surface area contributed by atoms with Gasteiger partial charge < -0.3 is 29.8 Å². The fourth-order valence-electron chi connectivity index (χ4n) is 7.59. The van der Waals surface area contributed by atoms with Crippen LogP contribution in [0.2, 0.25) is 0 Å². The minimum Gasteiger partial charge on any atom is -0.392 e. The van der Waals surface area contributed by atoms with Gasteiger partial charge in [-0.1, -0.05) is 78.9 Å². The molecule has 1 amide bonds. The van der Waals surface area contributed by atoms with Gasteiger partial charge in [-0.2, -0.15) is 0 Å². The number of fused-ring (bicyclic) bond motifs is 1. The standard InChI is InChI=1S/C43H43N5O5/c49-28-29-10-12-32(13-11-29)40-24-37(27-47-21-18-36(19-22-47)48-39-9-2-1-8-38(39)46-43(48)51)52-42(53-40)33-16-14-31(15-17-33)34-6-3-5-30(23-34)25-45-41(50)35-7-4-20-44-26-35/h1-17,20,23,26,36-37,40,42,49H,18-19,21-22,24-25,27-28H2,(H,45,50)(H,46,51)/t37-,40+,42+/m1/s1. The van der Waals surface area contributed by atoms with Crippen molar-refractivity contribution >= 4 is 16.9 Å². The molecule has 270 valence electrons. The van der Waals surface area contributed by atoms with Gasteiger partial charge >= 0.3 is 5.69 Å². The Bertz CT molecular complexity index is 2210. The van der Waals surface area contributed by atoms with E-state index >= 15 is 0 Å². The Balaban J connectivity index is 0.951. The van der Waals surface area contributed by atoms with E-state index in [2.05, 4.69) is 56.6 Å². The average molecular weight is 710 g/mol. The van der Waals surface area contributed by atoms with Gasteiger partial charge in [0.25, 0.3) is 5.91 Å². The SMILES string of the molecule is O=C(NCc1cccc(-c2ccc([C@H]3O[C@@H](CN4CCC(n5c(=O)[nH]c6ccccc65)CC4)C[C@@H](c4ccc(CO)cc4)O3)cc2)c1)c1cccnc1. The van der Waals surface area contributed by atoms with Crippen LogP contribution in [0.25, 0.3) is 22.2 Å². The molecule has 0 aliphatic carbocycles. The number of aromatic amines is 1. The van der Waals surface area contributed by atoms with E-state index in [9.17, 15) is 14.7 Å². The fourth-order valence-corrected chi connectivity index (χ4v) is 7.59. The van der Waals surface area contributed by atoms with E-state index in [1.54, 1.807) is 24.5 Å². The number of amides is 1. The van der Waals surface area contributed by atoms with Crippen molar-refractivity contribution in [1.82, 2.24) is 24.8 Å². The summed E-state index contributed by atoms with van der Waals surface area (Å²) < 4.78 is 15.3. The molecular weight excluding hydrogens is 667 g/mol. The molecule has 8 rings (SSSR count). The van der Waals surface area contributed by atoms with Crippen molar-refractivity contribution in [2.75, 3.05) is 19.6 Å². The highest BCUT2D eigenvalue weighted by molar-refractivity contribution is 5.93. The first-order valence-corrected chi connectivity index (χ1v) is 18.3. The second-order valence-electron chi connectivity index (χ2n) is 13.9. The molecule has 0 unspecified atom stereocenters. The molecule has 10 heteroatoms. The number of imidazole rings is 1. The number of rotatable bonds is 10. The largest absolute Gasteiger partial charge is 0.392 e. The van der Waals surface area contributed by atoms with Crippen LogP contribution in [0.4, 0.5) is 0 Å². The van der Waals surface area contributed by atoms with E-state index in [1.165, 1.54) is 0 Å². The zero-order valence-corrected chi connectivity index (χ0v) is 29.4. The van der Waals surface area contributed by atoms with Crippen molar-refractivity contribution < 1.29 is 19.4 Å². The number of aromatic nitrogens is 3. The van der Waals surface area contributed by atoms with Crippen LogP contribution in [0, 0.1) is 0 Å². The number of pyridine rings is 1. The lowest BCUT2D eigenvalue weighted by Gasteiger charge is -2.40. The Kier molecular flexibility index (Phi) is 10.3. The van der Waals surface area contributed by atoms with Crippen molar-refractivity contribution in [2.24, 2.45) is 0 Å². The number of ether oxygens (including phenoxy) is 2. The first kappa shape index (κ1) is 34.7. The third-order valence-corrected chi connectivity index (χ3v) is 10.4. The summed E-state index contributed by atoms with van der Waals surface area (Å²) in [5, 5.41) is 12.6. The number of H-pyrrole nitrogens is 1. The van der Waals surface area contributed by atoms with Crippen LogP contribution in [-0.4, -0.2) is 56.2 Å². The normalized spacial score (nSPS) is 19.7. The monoisotopic (exact) mass is 709 g/mol. The molecule has 4 aromatic carbocycles. The maximum Gasteiger partial charge on any atom is 0.326 e. The van der Waals surface area contributed by atoms with Gasteiger partial charge in [-0.3, -0.25) is 14.3 Å². The summed E-state index contributed by atoms with van der Waals surface area (Å²) in [6.07, 6.45) is 4.90. The predicted octanol–water partition coefficient (Wildman–Crippen LogP) is 6.70. The number of carbonyl (C=O) groups is 1. The molecule has 0 bridgehead atoms. The minimum absolute atomic E-state index is 0.00388. The number of likely N-dealkylation sites (tertiary alicyclic amines) is 1. The van der Waals surface area contributed by atoms with Crippen LogP contribution < -0.4 is 11.0 Å². The second-order valence-corrected chi connectivity index (χ2v) is 13.9. The van der Waals surface area contributed by atoms with Gasteiger partial charge in [0.2, 0.25) is 0 Å². The summed E-state index contributed by atoms with van der Waals surface area (Å²) in [7, 11) is 0. The molecule has 3 N–H and O–H groups in total. The molecule has 0 radical (unpaired) electrons. The summed E-state index contributed by atoms with van der Waals surface area (Å²) >= 11 is 0. The summed E-state index contributed by atoms with van der Waals surface area (Å²) in [6.45, 7) is 2.92. The van der Waals surface area contributed by atoms with Crippen LogP contribution in [0.3, 0.4) is 0 Å². The van der Waals surface area contributed by atoms with Gasteiger partial charge in [-0.15, -0.1) is 0 Å². The number of hydrogen-bond donors (Lipinski definition) is 3. The molecule has 53 heavy (non-hydrogen) atoms.